The molecule has 4 heteroatoms. The molecule has 0 aliphatic heterocycles. The lowest BCUT2D eigenvalue weighted by Crippen LogP contribution is -2.33. The zero-order valence-corrected chi connectivity index (χ0v) is 10.9. The van der Waals surface area contributed by atoms with Crippen molar-refractivity contribution in [3.05, 3.63) is 18.0 Å². The fourth-order valence-electron chi connectivity index (χ4n) is 1.53. The molecule has 0 fully saturated rings. The summed E-state index contributed by atoms with van der Waals surface area (Å²) in [4.78, 5) is 2.34. The summed E-state index contributed by atoms with van der Waals surface area (Å²) >= 11 is 0. The molecule has 1 rings (SSSR count). The Morgan fingerprint density at radius 1 is 1.50 bits per heavy atom. The lowest BCUT2D eigenvalue weighted by Gasteiger charge is -2.20. The Morgan fingerprint density at radius 2 is 2.25 bits per heavy atom. The maximum atomic E-state index is 4.24. The largest absolute Gasteiger partial charge is 0.310 e. The van der Waals surface area contributed by atoms with Gasteiger partial charge in [-0.2, -0.15) is 5.10 Å². The summed E-state index contributed by atoms with van der Waals surface area (Å²) in [7, 11) is 2.16. The van der Waals surface area contributed by atoms with Crippen LogP contribution in [0.2, 0.25) is 0 Å². The van der Waals surface area contributed by atoms with E-state index in [0.717, 1.165) is 26.2 Å². The van der Waals surface area contributed by atoms with Gasteiger partial charge < -0.3 is 10.2 Å². The molecule has 1 N–H and O–H groups in total. The van der Waals surface area contributed by atoms with Gasteiger partial charge in [-0.15, -0.1) is 0 Å². The van der Waals surface area contributed by atoms with Gasteiger partial charge in [0.15, 0.2) is 0 Å². The zero-order valence-electron chi connectivity index (χ0n) is 10.9. The summed E-state index contributed by atoms with van der Waals surface area (Å²) in [6.45, 7) is 10.5. The molecule has 0 radical (unpaired) electrons. The Balaban J connectivity index is 2.21. The van der Waals surface area contributed by atoms with Crippen LogP contribution in [0.5, 0.6) is 0 Å². The summed E-state index contributed by atoms with van der Waals surface area (Å²) < 4.78 is 2.03. The highest BCUT2D eigenvalue weighted by atomic mass is 15.3. The highest BCUT2D eigenvalue weighted by Crippen LogP contribution is 1.98. The normalized spacial score (nSPS) is 11.6. The van der Waals surface area contributed by atoms with E-state index in [9.17, 15) is 0 Å². The third-order valence-electron chi connectivity index (χ3n) is 2.93. The lowest BCUT2D eigenvalue weighted by atomic mass is 10.3. The van der Waals surface area contributed by atoms with Crippen LogP contribution in [0.15, 0.2) is 12.3 Å². The molecule has 0 unspecified atom stereocenters. The molecule has 0 bridgehead atoms. The monoisotopic (exact) mass is 224 g/mol. The van der Waals surface area contributed by atoms with Crippen LogP contribution in [0.1, 0.15) is 26.5 Å². The molecule has 1 aromatic rings. The van der Waals surface area contributed by atoms with Crippen molar-refractivity contribution in [2.45, 2.75) is 39.9 Å². The topological polar surface area (TPSA) is 33.1 Å². The fourth-order valence-corrected chi connectivity index (χ4v) is 1.53. The quantitative estimate of drug-likeness (QED) is 0.709. The highest BCUT2D eigenvalue weighted by molar-refractivity contribution is 4.99. The molecule has 0 aliphatic rings. The van der Waals surface area contributed by atoms with Crippen molar-refractivity contribution in [1.82, 2.24) is 20.0 Å². The summed E-state index contributed by atoms with van der Waals surface area (Å²) in [5.74, 6) is 0. The highest BCUT2D eigenvalue weighted by Gasteiger charge is 2.03. The van der Waals surface area contributed by atoms with Crippen LogP contribution in [0, 0.1) is 0 Å². The number of aromatic nitrogens is 2. The molecule has 0 saturated carbocycles. The van der Waals surface area contributed by atoms with Gasteiger partial charge in [0.1, 0.15) is 0 Å². The van der Waals surface area contributed by atoms with Crippen LogP contribution < -0.4 is 5.32 Å². The average molecular weight is 224 g/mol. The standard InChI is InChI=1S/C12H24N4/c1-5-16-12(6-7-14-16)10-13-8-9-15(4)11(2)3/h6-7,11,13H,5,8-10H2,1-4H3. The first-order chi connectivity index (χ1) is 7.65. The van der Waals surface area contributed by atoms with E-state index in [1.807, 2.05) is 10.9 Å². The van der Waals surface area contributed by atoms with Crippen molar-refractivity contribution in [2.75, 3.05) is 20.1 Å². The molecule has 0 spiro atoms. The number of rotatable bonds is 7. The molecule has 4 nitrogen and oxygen atoms in total. The van der Waals surface area contributed by atoms with E-state index in [0.29, 0.717) is 6.04 Å². The molecule has 0 atom stereocenters. The first kappa shape index (κ1) is 13.2. The predicted molar refractivity (Wildman–Crippen MR) is 67.4 cm³/mol. The summed E-state index contributed by atoms with van der Waals surface area (Å²) in [6, 6.07) is 2.69. The van der Waals surface area contributed by atoms with Crippen molar-refractivity contribution in [3.63, 3.8) is 0 Å². The minimum atomic E-state index is 0.614. The van der Waals surface area contributed by atoms with Gasteiger partial charge in [-0.05, 0) is 33.9 Å². The first-order valence-electron chi connectivity index (χ1n) is 6.06. The summed E-state index contributed by atoms with van der Waals surface area (Å²) in [5.41, 5.74) is 1.26. The number of nitrogens with zero attached hydrogens (tertiary/aromatic N) is 3. The van der Waals surface area contributed by atoms with Crippen LogP contribution >= 0.6 is 0 Å². The Kier molecular flexibility index (Phi) is 5.49. The van der Waals surface area contributed by atoms with E-state index < -0.39 is 0 Å². The number of hydrogen-bond donors (Lipinski definition) is 1. The van der Waals surface area contributed by atoms with Crippen LogP contribution in [-0.2, 0) is 13.1 Å². The molecular formula is C12H24N4. The van der Waals surface area contributed by atoms with Crippen molar-refractivity contribution in [3.8, 4) is 0 Å². The molecule has 0 saturated heterocycles. The fraction of sp³-hybridized carbons (Fsp3) is 0.750. The molecular weight excluding hydrogens is 200 g/mol. The smallest absolute Gasteiger partial charge is 0.0521 e. The second kappa shape index (κ2) is 6.66. The number of hydrogen-bond acceptors (Lipinski definition) is 3. The number of nitrogens with one attached hydrogen (secondary N) is 1. The van der Waals surface area contributed by atoms with Crippen molar-refractivity contribution >= 4 is 0 Å². The van der Waals surface area contributed by atoms with E-state index in [4.69, 9.17) is 0 Å². The maximum Gasteiger partial charge on any atom is 0.0521 e. The molecule has 16 heavy (non-hydrogen) atoms. The minimum Gasteiger partial charge on any atom is -0.310 e. The molecule has 1 heterocycles. The van der Waals surface area contributed by atoms with Crippen LogP contribution in [0.3, 0.4) is 0 Å². The van der Waals surface area contributed by atoms with Gasteiger partial charge in [-0.3, -0.25) is 4.68 Å². The van der Waals surface area contributed by atoms with Crippen LogP contribution in [-0.4, -0.2) is 40.9 Å². The maximum absolute atomic E-state index is 4.24. The minimum absolute atomic E-state index is 0.614. The van der Waals surface area contributed by atoms with Crippen molar-refractivity contribution < 1.29 is 0 Å². The number of aryl methyl sites for hydroxylation is 1. The van der Waals surface area contributed by atoms with Gasteiger partial charge in [-0.25, -0.2) is 0 Å². The van der Waals surface area contributed by atoms with Crippen molar-refractivity contribution in [2.24, 2.45) is 0 Å². The Labute approximate surface area is 98.6 Å². The molecule has 0 aromatic carbocycles. The van der Waals surface area contributed by atoms with E-state index in [1.165, 1.54) is 5.69 Å². The van der Waals surface area contributed by atoms with E-state index in [-0.39, 0.29) is 0 Å². The summed E-state index contributed by atoms with van der Waals surface area (Å²) in [6.07, 6.45) is 1.86. The van der Waals surface area contributed by atoms with Crippen LogP contribution in [0.4, 0.5) is 0 Å². The van der Waals surface area contributed by atoms with E-state index in [1.54, 1.807) is 0 Å². The van der Waals surface area contributed by atoms with E-state index >= 15 is 0 Å². The zero-order chi connectivity index (χ0) is 12.0. The Hall–Kier alpha value is -0.870. The molecule has 0 aliphatic carbocycles. The van der Waals surface area contributed by atoms with Crippen molar-refractivity contribution in [1.29, 1.82) is 0 Å². The second-order valence-corrected chi connectivity index (χ2v) is 4.39. The third kappa shape index (κ3) is 3.94. The predicted octanol–water partition coefficient (Wildman–Crippen LogP) is 1.33. The van der Waals surface area contributed by atoms with Gasteiger partial charge >= 0.3 is 0 Å². The Morgan fingerprint density at radius 3 is 2.88 bits per heavy atom. The lowest BCUT2D eigenvalue weighted by molar-refractivity contribution is 0.273. The van der Waals surface area contributed by atoms with Crippen LogP contribution in [0.25, 0.3) is 0 Å². The Bertz CT molecular complexity index is 293. The molecule has 0 amide bonds. The second-order valence-electron chi connectivity index (χ2n) is 4.39. The SMILES string of the molecule is CCn1nccc1CNCCN(C)C(C)C. The molecule has 92 valence electrons. The van der Waals surface area contributed by atoms with Gasteiger partial charge in [0.05, 0.1) is 5.69 Å². The van der Waals surface area contributed by atoms with Gasteiger partial charge in [0.2, 0.25) is 0 Å². The average Bonchev–Trinajstić information content (AvgIpc) is 2.71. The number of likely N-dealkylation sites (N-methyl/N-ethyl adjacent to an activating group) is 1. The molecule has 1 aromatic heterocycles. The first-order valence-corrected chi connectivity index (χ1v) is 6.06. The summed E-state index contributed by atoms with van der Waals surface area (Å²) in [5, 5.41) is 7.69. The van der Waals surface area contributed by atoms with Gasteiger partial charge in [0, 0.05) is 38.4 Å². The van der Waals surface area contributed by atoms with Gasteiger partial charge in [0.25, 0.3) is 0 Å². The third-order valence-corrected chi connectivity index (χ3v) is 2.93. The van der Waals surface area contributed by atoms with E-state index in [2.05, 4.69) is 49.2 Å². The van der Waals surface area contributed by atoms with Gasteiger partial charge in [-0.1, -0.05) is 0 Å².